The van der Waals surface area contributed by atoms with E-state index < -0.39 is 6.10 Å². The Labute approximate surface area is 195 Å². The first-order valence-electron chi connectivity index (χ1n) is 10.8. The molecule has 0 amide bonds. The van der Waals surface area contributed by atoms with Crippen molar-refractivity contribution in [3.8, 4) is 17.2 Å². The van der Waals surface area contributed by atoms with Gasteiger partial charge in [0.1, 0.15) is 35.4 Å². The van der Waals surface area contributed by atoms with Gasteiger partial charge in [-0.2, -0.15) is 10.1 Å². The van der Waals surface area contributed by atoms with Crippen LogP contribution in [0.3, 0.4) is 0 Å². The number of fused-ring (bicyclic) bond motifs is 3. The summed E-state index contributed by atoms with van der Waals surface area (Å²) < 4.78 is 33.9. The molecule has 2 atom stereocenters. The van der Waals surface area contributed by atoms with Crippen LogP contribution in [0.1, 0.15) is 28.8 Å². The summed E-state index contributed by atoms with van der Waals surface area (Å²) in [5.74, 6) is 2.09. The van der Waals surface area contributed by atoms with E-state index in [0.717, 1.165) is 22.4 Å². The number of benzene rings is 3. The molecule has 0 unspecified atom stereocenters. The summed E-state index contributed by atoms with van der Waals surface area (Å²) in [7, 11) is 3.22. The minimum Gasteiger partial charge on any atom is -0.497 e. The third-order valence-corrected chi connectivity index (χ3v) is 6.21. The van der Waals surface area contributed by atoms with E-state index in [4.69, 9.17) is 14.2 Å². The van der Waals surface area contributed by atoms with Crippen LogP contribution >= 0.6 is 0 Å². The lowest BCUT2D eigenvalue weighted by atomic mass is 9.84. The van der Waals surface area contributed by atoms with Crippen LogP contribution in [0.15, 0.2) is 78.6 Å². The summed E-state index contributed by atoms with van der Waals surface area (Å²) in [5, 5.41) is 7.88. The Kier molecular flexibility index (Phi) is 4.72. The summed E-state index contributed by atoms with van der Waals surface area (Å²) in [6.07, 6.45) is 0.969. The molecule has 0 saturated carbocycles. The molecule has 1 N–H and O–H groups in total. The smallest absolute Gasteiger partial charge is 0.226 e. The van der Waals surface area contributed by atoms with Gasteiger partial charge in [-0.1, -0.05) is 30.3 Å². The molecule has 7 nitrogen and oxygen atoms in total. The first kappa shape index (κ1) is 20.3. The molecule has 0 aliphatic carbocycles. The number of halogens is 1. The van der Waals surface area contributed by atoms with Gasteiger partial charge in [0.05, 0.1) is 19.9 Å². The number of aromatic nitrogens is 3. The van der Waals surface area contributed by atoms with Gasteiger partial charge in [0.25, 0.3) is 0 Å². The maximum absolute atomic E-state index is 14.4. The molecule has 0 saturated heterocycles. The average Bonchev–Trinajstić information content (AvgIpc) is 3.35. The Morgan fingerprint density at radius 3 is 2.65 bits per heavy atom. The van der Waals surface area contributed by atoms with Crippen molar-refractivity contribution in [3.63, 3.8) is 0 Å². The Balaban J connectivity index is 1.64. The van der Waals surface area contributed by atoms with E-state index in [1.807, 2.05) is 53.2 Å². The fourth-order valence-electron chi connectivity index (χ4n) is 4.69. The van der Waals surface area contributed by atoms with Crippen molar-refractivity contribution in [2.24, 2.45) is 0 Å². The maximum atomic E-state index is 14.4. The van der Waals surface area contributed by atoms with Crippen molar-refractivity contribution in [1.29, 1.82) is 0 Å². The molecule has 6 rings (SSSR count). The summed E-state index contributed by atoms with van der Waals surface area (Å²) in [4.78, 5) is 4.40. The number of rotatable bonds is 4. The monoisotopic (exact) mass is 456 g/mol. The van der Waals surface area contributed by atoms with Crippen LogP contribution in [0.25, 0.3) is 5.70 Å². The number of nitrogens with one attached hydrogen (secondary N) is 1. The predicted molar refractivity (Wildman–Crippen MR) is 124 cm³/mol. The van der Waals surface area contributed by atoms with E-state index in [-0.39, 0.29) is 11.9 Å². The molecule has 2 aliphatic heterocycles. The summed E-state index contributed by atoms with van der Waals surface area (Å²) in [6.45, 7) is 0. The molecule has 3 aromatic carbocycles. The van der Waals surface area contributed by atoms with E-state index in [9.17, 15) is 4.39 Å². The highest BCUT2D eigenvalue weighted by atomic mass is 19.1. The Bertz CT molecular complexity index is 1420. The van der Waals surface area contributed by atoms with Crippen molar-refractivity contribution in [1.82, 2.24) is 14.8 Å². The quantitative estimate of drug-likeness (QED) is 0.466. The molecule has 1 aromatic heterocycles. The van der Waals surface area contributed by atoms with Gasteiger partial charge < -0.3 is 19.5 Å². The van der Waals surface area contributed by atoms with Crippen molar-refractivity contribution in [3.05, 3.63) is 101 Å². The van der Waals surface area contributed by atoms with Gasteiger partial charge in [-0.3, -0.25) is 0 Å². The number of methoxy groups -OCH3 is 2. The Morgan fingerprint density at radius 2 is 1.85 bits per heavy atom. The van der Waals surface area contributed by atoms with Crippen molar-refractivity contribution in [2.45, 2.75) is 12.1 Å². The number of ether oxygens (including phenoxy) is 3. The van der Waals surface area contributed by atoms with Crippen LogP contribution in [0.5, 0.6) is 17.2 Å². The SMILES string of the molecule is COc1ccc([C@H]2Oc3ccc(F)cc3C3=C2[C@@H](c2ccccc2)n2ncnc2N3)c(OC)c1. The zero-order chi connectivity index (χ0) is 23.2. The summed E-state index contributed by atoms with van der Waals surface area (Å²) >= 11 is 0. The normalized spacial score (nSPS) is 18.2. The van der Waals surface area contributed by atoms with Crippen LogP contribution in [-0.4, -0.2) is 29.0 Å². The number of nitrogens with zero attached hydrogens (tertiary/aromatic N) is 3. The Hall–Kier alpha value is -4.33. The molecule has 0 radical (unpaired) electrons. The molecule has 3 heterocycles. The highest BCUT2D eigenvalue weighted by molar-refractivity contribution is 5.85. The van der Waals surface area contributed by atoms with Crippen LogP contribution < -0.4 is 19.5 Å². The predicted octanol–water partition coefficient (Wildman–Crippen LogP) is 4.99. The molecular weight excluding hydrogens is 435 g/mol. The van der Waals surface area contributed by atoms with Crippen LogP contribution in [0.4, 0.5) is 10.3 Å². The largest absolute Gasteiger partial charge is 0.497 e. The van der Waals surface area contributed by atoms with E-state index in [1.54, 1.807) is 20.3 Å². The molecule has 4 aromatic rings. The number of anilines is 1. The lowest BCUT2D eigenvalue weighted by Crippen LogP contribution is -2.32. The first-order chi connectivity index (χ1) is 16.7. The standard InChI is InChI=1S/C26H21FN4O3/c1-32-17-9-10-18(21(13-17)33-2)25-22-23(19-12-16(27)8-11-20(19)34-25)30-26-28-14-29-31(26)24(22)15-6-4-3-5-7-15/h3-14,24-25H,1-2H3,(H,28,29,30)/t24-,25-/m1/s1. The molecule has 0 fully saturated rings. The van der Waals surface area contributed by atoms with Crippen molar-refractivity contribution < 1.29 is 18.6 Å². The van der Waals surface area contributed by atoms with Gasteiger partial charge in [0.15, 0.2) is 6.10 Å². The molecule has 0 spiro atoms. The lowest BCUT2D eigenvalue weighted by molar-refractivity contribution is 0.217. The molecule has 0 bridgehead atoms. The molecule has 2 aliphatic rings. The highest BCUT2D eigenvalue weighted by Crippen LogP contribution is 2.52. The van der Waals surface area contributed by atoms with Gasteiger partial charge in [-0.15, -0.1) is 0 Å². The second-order valence-electron chi connectivity index (χ2n) is 8.04. The van der Waals surface area contributed by atoms with Crippen molar-refractivity contribution in [2.75, 3.05) is 19.5 Å². The van der Waals surface area contributed by atoms with Gasteiger partial charge in [-0.25, -0.2) is 9.07 Å². The van der Waals surface area contributed by atoms with E-state index in [1.165, 1.54) is 18.5 Å². The molecule has 34 heavy (non-hydrogen) atoms. The molecular formula is C26H21FN4O3. The fourth-order valence-corrected chi connectivity index (χ4v) is 4.69. The van der Waals surface area contributed by atoms with Gasteiger partial charge in [-0.05, 0) is 35.9 Å². The first-order valence-corrected chi connectivity index (χ1v) is 10.8. The van der Waals surface area contributed by atoms with Crippen LogP contribution in [0, 0.1) is 5.82 Å². The molecule has 170 valence electrons. The number of hydrogen-bond acceptors (Lipinski definition) is 6. The van der Waals surface area contributed by atoms with Gasteiger partial charge in [0.2, 0.25) is 5.95 Å². The third-order valence-electron chi connectivity index (χ3n) is 6.21. The molecule has 8 heteroatoms. The minimum absolute atomic E-state index is 0.330. The highest BCUT2D eigenvalue weighted by Gasteiger charge is 2.42. The topological polar surface area (TPSA) is 70.4 Å². The van der Waals surface area contributed by atoms with Crippen LogP contribution in [0.2, 0.25) is 0 Å². The minimum atomic E-state index is -0.538. The second kappa shape index (κ2) is 7.91. The van der Waals surface area contributed by atoms with Crippen LogP contribution in [-0.2, 0) is 0 Å². The Morgan fingerprint density at radius 1 is 1.00 bits per heavy atom. The summed E-state index contributed by atoms with van der Waals surface area (Å²) in [6, 6.07) is 19.8. The van der Waals surface area contributed by atoms with Crippen molar-refractivity contribution >= 4 is 11.6 Å². The van der Waals surface area contributed by atoms with E-state index in [2.05, 4.69) is 15.4 Å². The maximum Gasteiger partial charge on any atom is 0.226 e. The second-order valence-corrected chi connectivity index (χ2v) is 8.04. The summed E-state index contributed by atoms with van der Waals surface area (Å²) in [5.41, 5.74) is 4.08. The van der Waals surface area contributed by atoms with Gasteiger partial charge >= 0.3 is 0 Å². The van der Waals surface area contributed by atoms with Gasteiger partial charge in [0, 0.05) is 22.8 Å². The van der Waals surface area contributed by atoms with E-state index >= 15 is 0 Å². The van der Waals surface area contributed by atoms with E-state index in [0.29, 0.717) is 28.8 Å². The zero-order valence-corrected chi connectivity index (χ0v) is 18.5. The zero-order valence-electron chi connectivity index (χ0n) is 18.5. The third kappa shape index (κ3) is 3.10. The average molecular weight is 456 g/mol. The lowest BCUT2D eigenvalue weighted by Gasteiger charge is -2.39. The number of hydrogen-bond donors (Lipinski definition) is 1. The fraction of sp³-hybridized carbons (Fsp3) is 0.154.